The molecular weight excluding hydrogens is 352 g/mol. The minimum Gasteiger partial charge on any atom is -0.349 e. The molecule has 6 nitrogen and oxygen atoms in total. The topological polar surface area (TPSA) is 71.3 Å². The molecule has 0 bridgehead atoms. The van der Waals surface area contributed by atoms with Gasteiger partial charge in [0.2, 0.25) is 5.89 Å². The van der Waals surface area contributed by atoms with E-state index in [2.05, 4.69) is 32.5 Å². The van der Waals surface area contributed by atoms with Gasteiger partial charge in [0.05, 0.1) is 6.54 Å². The molecule has 0 saturated carbocycles. The number of piperidine rings is 1. The third kappa shape index (κ3) is 4.84. The molecule has 28 heavy (non-hydrogen) atoms. The van der Waals surface area contributed by atoms with E-state index in [-0.39, 0.29) is 11.9 Å². The molecule has 1 amide bonds. The molecule has 2 heterocycles. The van der Waals surface area contributed by atoms with Gasteiger partial charge in [-0.3, -0.25) is 9.69 Å². The molecule has 1 N–H and O–H groups in total. The maximum atomic E-state index is 12.3. The third-order valence-corrected chi connectivity index (χ3v) is 5.03. The summed E-state index contributed by atoms with van der Waals surface area (Å²) in [4.78, 5) is 19.1. The summed E-state index contributed by atoms with van der Waals surface area (Å²) in [6, 6.07) is 19.7. The first kappa shape index (κ1) is 18.4. The van der Waals surface area contributed by atoms with E-state index < -0.39 is 0 Å². The van der Waals surface area contributed by atoms with Crippen LogP contribution in [0, 0.1) is 0 Å². The Hall–Kier alpha value is -2.99. The van der Waals surface area contributed by atoms with Gasteiger partial charge in [0.25, 0.3) is 5.91 Å². The maximum Gasteiger partial charge on any atom is 0.251 e. The zero-order valence-corrected chi connectivity index (χ0v) is 15.8. The van der Waals surface area contributed by atoms with E-state index in [4.69, 9.17) is 4.52 Å². The van der Waals surface area contributed by atoms with E-state index >= 15 is 0 Å². The molecule has 1 saturated heterocycles. The predicted molar refractivity (Wildman–Crippen MR) is 106 cm³/mol. The molecule has 0 radical (unpaired) electrons. The lowest BCUT2D eigenvalue weighted by molar-refractivity contribution is 0.0904. The van der Waals surface area contributed by atoms with Crippen molar-refractivity contribution in [3.63, 3.8) is 0 Å². The van der Waals surface area contributed by atoms with E-state index in [1.165, 1.54) is 5.56 Å². The zero-order chi connectivity index (χ0) is 19.2. The van der Waals surface area contributed by atoms with Crippen LogP contribution in [0.25, 0.3) is 0 Å². The molecule has 6 heteroatoms. The quantitative estimate of drug-likeness (QED) is 0.716. The molecule has 0 spiro atoms. The Morgan fingerprint density at radius 1 is 1.04 bits per heavy atom. The van der Waals surface area contributed by atoms with Crippen LogP contribution in [0.15, 0.2) is 65.2 Å². The maximum absolute atomic E-state index is 12.3. The Balaban J connectivity index is 1.24. The summed E-state index contributed by atoms with van der Waals surface area (Å²) in [6.07, 6.45) is 2.52. The van der Waals surface area contributed by atoms with Crippen LogP contribution in [-0.4, -0.2) is 40.1 Å². The molecule has 1 aromatic heterocycles. The molecule has 4 rings (SSSR count). The number of amides is 1. The summed E-state index contributed by atoms with van der Waals surface area (Å²) in [7, 11) is 0. The first-order valence-corrected chi connectivity index (χ1v) is 9.70. The minimum atomic E-state index is 0.00139. The van der Waals surface area contributed by atoms with Crippen molar-refractivity contribution in [3.8, 4) is 0 Å². The van der Waals surface area contributed by atoms with Crippen molar-refractivity contribution in [2.75, 3.05) is 13.1 Å². The highest BCUT2D eigenvalue weighted by molar-refractivity contribution is 5.94. The lowest BCUT2D eigenvalue weighted by atomic mass is 10.0. The molecule has 2 aromatic carbocycles. The summed E-state index contributed by atoms with van der Waals surface area (Å²) in [5.74, 6) is 1.37. The Morgan fingerprint density at radius 2 is 1.71 bits per heavy atom. The van der Waals surface area contributed by atoms with E-state index in [0.29, 0.717) is 30.2 Å². The SMILES string of the molecule is O=C(NC1CCN(Cc2nc(Cc3ccccc3)no2)CC1)c1ccccc1. The average Bonchev–Trinajstić information content (AvgIpc) is 3.17. The first-order valence-electron chi connectivity index (χ1n) is 9.70. The fourth-order valence-corrected chi connectivity index (χ4v) is 3.49. The molecule has 1 aliphatic rings. The highest BCUT2D eigenvalue weighted by atomic mass is 16.5. The molecule has 1 aliphatic heterocycles. The fraction of sp³-hybridized carbons (Fsp3) is 0.318. The van der Waals surface area contributed by atoms with Gasteiger partial charge in [0.1, 0.15) is 0 Å². The van der Waals surface area contributed by atoms with E-state index in [1.54, 1.807) is 0 Å². The summed E-state index contributed by atoms with van der Waals surface area (Å²) in [6.45, 7) is 2.45. The molecule has 144 valence electrons. The summed E-state index contributed by atoms with van der Waals surface area (Å²) in [5, 5.41) is 7.23. The zero-order valence-electron chi connectivity index (χ0n) is 15.8. The molecule has 3 aromatic rings. The highest BCUT2D eigenvalue weighted by Crippen LogP contribution is 2.15. The second kappa shape index (κ2) is 8.80. The number of carbonyl (C=O) groups excluding carboxylic acids is 1. The van der Waals surface area contributed by atoms with Gasteiger partial charge >= 0.3 is 0 Å². The number of benzene rings is 2. The van der Waals surface area contributed by atoms with Crippen LogP contribution in [0.3, 0.4) is 0 Å². The van der Waals surface area contributed by atoms with Gasteiger partial charge in [-0.05, 0) is 30.5 Å². The van der Waals surface area contributed by atoms with Crippen molar-refractivity contribution >= 4 is 5.91 Å². The minimum absolute atomic E-state index is 0.00139. The number of likely N-dealkylation sites (tertiary alicyclic amines) is 1. The number of rotatable bonds is 6. The van der Waals surface area contributed by atoms with Crippen LogP contribution < -0.4 is 5.32 Å². The van der Waals surface area contributed by atoms with Crippen LogP contribution in [0.2, 0.25) is 0 Å². The Morgan fingerprint density at radius 3 is 2.43 bits per heavy atom. The molecule has 1 fully saturated rings. The van der Waals surface area contributed by atoms with Crippen LogP contribution in [0.1, 0.15) is 40.5 Å². The van der Waals surface area contributed by atoms with Crippen molar-refractivity contribution in [3.05, 3.63) is 83.5 Å². The predicted octanol–water partition coefficient (Wildman–Crippen LogP) is 3.05. The van der Waals surface area contributed by atoms with Gasteiger partial charge in [0, 0.05) is 31.1 Å². The fourth-order valence-electron chi connectivity index (χ4n) is 3.49. The summed E-state index contributed by atoms with van der Waals surface area (Å²) >= 11 is 0. The Bertz CT molecular complexity index is 887. The second-order valence-corrected chi connectivity index (χ2v) is 7.16. The van der Waals surface area contributed by atoms with Crippen LogP contribution in [0.4, 0.5) is 0 Å². The van der Waals surface area contributed by atoms with Crippen LogP contribution in [0.5, 0.6) is 0 Å². The van der Waals surface area contributed by atoms with Crippen molar-refractivity contribution < 1.29 is 9.32 Å². The van der Waals surface area contributed by atoms with Gasteiger partial charge in [-0.25, -0.2) is 0 Å². The normalized spacial score (nSPS) is 15.4. The first-order chi connectivity index (χ1) is 13.8. The average molecular weight is 376 g/mol. The number of nitrogens with one attached hydrogen (secondary N) is 1. The molecular formula is C22H24N4O2. The van der Waals surface area contributed by atoms with Crippen LogP contribution in [-0.2, 0) is 13.0 Å². The number of carbonyl (C=O) groups is 1. The van der Waals surface area contributed by atoms with Crippen LogP contribution >= 0.6 is 0 Å². The lowest BCUT2D eigenvalue weighted by Crippen LogP contribution is -2.44. The number of hydrogen-bond acceptors (Lipinski definition) is 5. The van der Waals surface area contributed by atoms with E-state index in [1.807, 2.05) is 48.5 Å². The van der Waals surface area contributed by atoms with Gasteiger partial charge in [0.15, 0.2) is 5.82 Å². The second-order valence-electron chi connectivity index (χ2n) is 7.16. The van der Waals surface area contributed by atoms with Crippen molar-refractivity contribution in [2.24, 2.45) is 0 Å². The number of nitrogens with zero attached hydrogens (tertiary/aromatic N) is 3. The van der Waals surface area contributed by atoms with Crippen molar-refractivity contribution in [1.82, 2.24) is 20.4 Å². The Labute approximate surface area is 164 Å². The monoisotopic (exact) mass is 376 g/mol. The third-order valence-electron chi connectivity index (χ3n) is 5.03. The number of aromatic nitrogens is 2. The standard InChI is InChI=1S/C22H24N4O2/c27-22(18-9-5-2-6-10-18)23-19-11-13-26(14-12-19)16-21-24-20(25-28-21)15-17-7-3-1-4-8-17/h1-10,19H,11-16H2,(H,23,27). The molecule has 0 atom stereocenters. The molecule has 0 aliphatic carbocycles. The van der Waals surface area contributed by atoms with E-state index in [0.717, 1.165) is 25.9 Å². The van der Waals surface area contributed by atoms with Gasteiger partial charge in [-0.15, -0.1) is 0 Å². The van der Waals surface area contributed by atoms with Gasteiger partial charge < -0.3 is 9.84 Å². The summed E-state index contributed by atoms with van der Waals surface area (Å²) < 4.78 is 5.42. The van der Waals surface area contributed by atoms with Crippen molar-refractivity contribution in [2.45, 2.75) is 31.8 Å². The summed E-state index contributed by atoms with van der Waals surface area (Å²) in [5.41, 5.74) is 1.88. The van der Waals surface area contributed by atoms with E-state index in [9.17, 15) is 4.79 Å². The Kier molecular flexibility index (Phi) is 5.77. The lowest BCUT2D eigenvalue weighted by Gasteiger charge is -2.31. The number of hydrogen-bond donors (Lipinski definition) is 1. The smallest absolute Gasteiger partial charge is 0.251 e. The van der Waals surface area contributed by atoms with Gasteiger partial charge in [-0.2, -0.15) is 4.98 Å². The van der Waals surface area contributed by atoms with Gasteiger partial charge in [-0.1, -0.05) is 53.7 Å². The molecule has 0 unspecified atom stereocenters. The largest absolute Gasteiger partial charge is 0.349 e. The highest BCUT2D eigenvalue weighted by Gasteiger charge is 2.22. The van der Waals surface area contributed by atoms with Crippen molar-refractivity contribution in [1.29, 1.82) is 0 Å².